The molecule has 1 aromatic carbocycles. The number of carbonyl (C=O) groups is 1. The van der Waals surface area contributed by atoms with Gasteiger partial charge >= 0.3 is 0 Å². The SMILES string of the molecule is COCCn1cc(NC(=O)c2cccc(-n3ccnc3SC)c2)cn1. The molecule has 8 heteroatoms. The largest absolute Gasteiger partial charge is 0.383 e. The summed E-state index contributed by atoms with van der Waals surface area (Å²) in [6, 6.07) is 7.42. The normalized spacial score (nSPS) is 10.8. The zero-order valence-corrected chi connectivity index (χ0v) is 14.9. The summed E-state index contributed by atoms with van der Waals surface area (Å²) in [6.07, 6.45) is 8.99. The number of hydrogen-bond acceptors (Lipinski definition) is 5. The van der Waals surface area contributed by atoms with E-state index in [1.807, 2.05) is 35.2 Å². The predicted molar refractivity (Wildman–Crippen MR) is 97.4 cm³/mol. The first-order valence-electron chi connectivity index (χ1n) is 7.72. The van der Waals surface area contributed by atoms with Crippen molar-refractivity contribution in [3.63, 3.8) is 0 Å². The van der Waals surface area contributed by atoms with Gasteiger partial charge in [-0.1, -0.05) is 17.8 Å². The van der Waals surface area contributed by atoms with E-state index in [1.165, 1.54) is 0 Å². The molecule has 0 spiro atoms. The summed E-state index contributed by atoms with van der Waals surface area (Å²) < 4.78 is 8.69. The van der Waals surface area contributed by atoms with Crippen molar-refractivity contribution < 1.29 is 9.53 Å². The number of imidazole rings is 1. The minimum atomic E-state index is -0.182. The van der Waals surface area contributed by atoms with Crippen LogP contribution in [0.1, 0.15) is 10.4 Å². The standard InChI is InChI=1S/C17H19N5O2S/c1-24-9-8-21-12-14(11-19-21)20-16(23)13-4-3-5-15(10-13)22-7-6-18-17(22)25-2/h3-7,10-12H,8-9H2,1-2H3,(H,20,23). The lowest BCUT2D eigenvalue weighted by Crippen LogP contribution is -2.12. The first-order valence-corrected chi connectivity index (χ1v) is 8.94. The van der Waals surface area contributed by atoms with Crippen LogP contribution in [0.4, 0.5) is 5.69 Å². The van der Waals surface area contributed by atoms with Crippen LogP contribution in [-0.2, 0) is 11.3 Å². The average Bonchev–Trinajstić information content (AvgIpc) is 3.29. The van der Waals surface area contributed by atoms with Crippen molar-refractivity contribution in [2.45, 2.75) is 11.7 Å². The molecule has 0 bridgehead atoms. The van der Waals surface area contributed by atoms with Gasteiger partial charge in [0, 0.05) is 37.0 Å². The van der Waals surface area contributed by atoms with Crippen LogP contribution in [0.25, 0.3) is 5.69 Å². The lowest BCUT2D eigenvalue weighted by atomic mass is 10.2. The molecule has 0 unspecified atom stereocenters. The molecule has 0 saturated heterocycles. The van der Waals surface area contributed by atoms with Crippen molar-refractivity contribution >= 4 is 23.4 Å². The van der Waals surface area contributed by atoms with E-state index in [0.29, 0.717) is 24.4 Å². The van der Waals surface area contributed by atoms with Gasteiger partial charge in [0.05, 0.1) is 25.0 Å². The smallest absolute Gasteiger partial charge is 0.255 e. The maximum absolute atomic E-state index is 12.5. The molecule has 0 atom stereocenters. The number of hydrogen-bond donors (Lipinski definition) is 1. The molecule has 1 N–H and O–H groups in total. The van der Waals surface area contributed by atoms with Gasteiger partial charge in [-0.05, 0) is 24.5 Å². The van der Waals surface area contributed by atoms with E-state index in [-0.39, 0.29) is 5.91 Å². The van der Waals surface area contributed by atoms with Crippen molar-refractivity contribution in [1.82, 2.24) is 19.3 Å². The van der Waals surface area contributed by atoms with Crippen LogP contribution >= 0.6 is 11.8 Å². The van der Waals surface area contributed by atoms with Gasteiger partial charge in [0.25, 0.3) is 5.91 Å². The molecule has 3 aromatic rings. The first kappa shape index (κ1) is 17.2. The Bertz CT molecular complexity index is 858. The third-order valence-electron chi connectivity index (χ3n) is 3.59. The van der Waals surface area contributed by atoms with Gasteiger partial charge in [-0.15, -0.1) is 0 Å². The number of nitrogens with zero attached hydrogens (tertiary/aromatic N) is 4. The predicted octanol–water partition coefficient (Wildman–Crippen LogP) is 2.69. The number of anilines is 1. The Hall–Kier alpha value is -2.58. The van der Waals surface area contributed by atoms with Crippen molar-refractivity contribution in [3.8, 4) is 5.69 Å². The second-order valence-corrected chi connectivity index (χ2v) is 6.05. The van der Waals surface area contributed by atoms with Crippen LogP contribution in [0.5, 0.6) is 0 Å². The highest BCUT2D eigenvalue weighted by Crippen LogP contribution is 2.19. The molecule has 1 amide bonds. The summed E-state index contributed by atoms with van der Waals surface area (Å²) in [7, 11) is 1.64. The fourth-order valence-electron chi connectivity index (χ4n) is 2.37. The number of carbonyl (C=O) groups excluding carboxylic acids is 1. The molecule has 0 radical (unpaired) electrons. The molecule has 2 aromatic heterocycles. The summed E-state index contributed by atoms with van der Waals surface area (Å²) in [5.74, 6) is -0.182. The second kappa shape index (κ2) is 8.00. The van der Waals surface area contributed by atoms with E-state index >= 15 is 0 Å². The Kier molecular flexibility index (Phi) is 5.52. The van der Waals surface area contributed by atoms with Gasteiger partial charge in [0.15, 0.2) is 5.16 Å². The number of amides is 1. The Morgan fingerprint density at radius 1 is 1.40 bits per heavy atom. The van der Waals surface area contributed by atoms with Crippen LogP contribution in [0.15, 0.2) is 54.2 Å². The molecular formula is C17H19N5O2S. The molecule has 2 heterocycles. The van der Waals surface area contributed by atoms with Gasteiger partial charge in [-0.25, -0.2) is 4.98 Å². The van der Waals surface area contributed by atoms with Crippen molar-refractivity contribution in [2.75, 3.05) is 25.3 Å². The highest BCUT2D eigenvalue weighted by atomic mass is 32.2. The van der Waals surface area contributed by atoms with Gasteiger partial charge in [-0.2, -0.15) is 5.10 Å². The van der Waals surface area contributed by atoms with Crippen LogP contribution in [0.3, 0.4) is 0 Å². The van der Waals surface area contributed by atoms with Crippen molar-refractivity contribution in [3.05, 3.63) is 54.6 Å². The topological polar surface area (TPSA) is 74.0 Å². The van der Waals surface area contributed by atoms with Gasteiger partial charge < -0.3 is 10.1 Å². The molecule has 0 aliphatic carbocycles. The summed E-state index contributed by atoms with van der Waals surface area (Å²) in [5.41, 5.74) is 2.12. The fourth-order valence-corrected chi connectivity index (χ4v) is 2.90. The summed E-state index contributed by atoms with van der Waals surface area (Å²) in [6.45, 7) is 1.21. The highest BCUT2D eigenvalue weighted by molar-refractivity contribution is 7.98. The molecule has 0 saturated carbocycles. The maximum Gasteiger partial charge on any atom is 0.255 e. The van der Waals surface area contributed by atoms with Gasteiger partial charge in [0.2, 0.25) is 0 Å². The quantitative estimate of drug-likeness (QED) is 0.658. The van der Waals surface area contributed by atoms with E-state index in [2.05, 4.69) is 15.4 Å². The monoisotopic (exact) mass is 357 g/mol. The van der Waals surface area contributed by atoms with Crippen LogP contribution in [-0.4, -0.2) is 45.2 Å². The summed E-state index contributed by atoms with van der Waals surface area (Å²) >= 11 is 1.55. The summed E-state index contributed by atoms with van der Waals surface area (Å²) in [4.78, 5) is 16.8. The van der Waals surface area contributed by atoms with Crippen LogP contribution in [0, 0.1) is 0 Å². The van der Waals surface area contributed by atoms with Crippen LogP contribution < -0.4 is 5.32 Å². The highest BCUT2D eigenvalue weighted by Gasteiger charge is 2.10. The fraction of sp³-hybridized carbons (Fsp3) is 0.235. The third kappa shape index (κ3) is 4.09. The van der Waals surface area contributed by atoms with Crippen LogP contribution in [0.2, 0.25) is 0 Å². The number of methoxy groups -OCH3 is 1. The molecule has 0 aliphatic heterocycles. The Morgan fingerprint density at radius 2 is 2.28 bits per heavy atom. The van der Waals surface area contributed by atoms with E-state index in [1.54, 1.807) is 48.2 Å². The second-order valence-electron chi connectivity index (χ2n) is 5.27. The minimum Gasteiger partial charge on any atom is -0.383 e. The minimum absolute atomic E-state index is 0.182. The van der Waals surface area contributed by atoms with Gasteiger partial charge in [0.1, 0.15) is 0 Å². The number of nitrogens with one attached hydrogen (secondary N) is 1. The van der Waals surface area contributed by atoms with E-state index < -0.39 is 0 Å². The number of aromatic nitrogens is 4. The molecular weight excluding hydrogens is 338 g/mol. The Morgan fingerprint density at radius 3 is 3.08 bits per heavy atom. The average molecular weight is 357 g/mol. The lowest BCUT2D eigenvalue weighted by molar-refractivity contribution is 0.102. The summed E-state index contributed by atoms with van der Waals surface area (Å²) in [5, 5.41) is 7.92. The van der Waals surface area contributed by atoms with Gasteiger partial charge in [-0.3, -0.25) is 14.0 Å². The molecule has 7 nitrogen and oxygen atoms in total. The van der Waals surface area contributed by atoms with E-state index in [9.17, 15) is 4.79 Å². The lowest BCUT2D eigenvalue weighted by Gasteiger charge is -2.08. The number of benzene rings is 1. The molecule has 3 rings (SSSR count). The van der Waals surface area contributed by atoms with E-state index in [0.717, 1.165) is 10.8 Å². The zero-order chi connectivity index (χ0) is 17.6. The number of thioether (sulfide) groups is 1. The molecule has 130 valence electrons. The Labute approximate surface area is 150 Å². The molecule has 0 aliphatic rings. The van der Waals surface area contributed by atoms with E-state index in [4.69, 9.17) is 4.74 Å². The first-order chi connectivity index (χ1) is 12.2. The Balaban J connectivity index is 1.74. The number of ether oxygens (including phenoxy) is 1. The van der Waals surface area contributed by atoms with Crippen molar-refractivity contribution in [1.29, 1.82) is 0 Å². The molecule has 25 heavy (non-hydrogen) atoms. The zero-order valence-electron chi connectivity index (χ0n) is 14.0. The number of rotatable bonds is 7. The maximum atomic E-state index is 12.5. The molecule has 0 fully saturated rings. The third-order valence-corrected chi connectivity index (χ3v) is 4.26. The van der Waals surface area contributed by atoms with Crippen molar-refractivity contribution in [2.24, 2.45) is 0 Å².